The molecule has 1 amide bonds. The van der Waals surface area contributed by atoms with Crippen LogP contribution >= 0.6 is 0 Å². The van der Waals surface area contributed by atoms with Crippen LogP contribution in [-0.2, 0) is 11.2 Å². The van der Waals surface area contributed by atoms with Crippen molar-refractivity contribution < 1.29 is 28.2 Å². The van der Waals surface area contributed by atoms with Crippen molar-refractivity contribution in [2.24, 2.45) is 5.73 Å². The van der Waals surface area contributed by atoms with E-state index in [1.807, 2.05) is 13.8 Å². The number of carbonyl (C=O) groups is 2. The van der Waals surface area contributed by atoms with Crippen LogP contribution in [0.2, 0.25) is 0 Å². The summed E-state index contributed by atoms with van der Waals surface area (Å²) >= 11 is 0. The van der Waals surface area contributed by atoms with E-state index in [9.17, 15) is 18.4 Å². The van der Waals surface area contributed by atoms with Crippen molar-refractivity contribution >= 4 is 11.9 Å². The normalized spacial score (nSPS) is 12.7. The molecule has 0 radical (unpaired) electrons. The molecule has 0 aromatic heterocycles. The fraction of sp³-hybridized carbons (Fsp3) is 0.500. The van der Waals surface area contributed by atoms with Crippen LogP contribution in [0.25, 0.3) is 0 Å². The number of aliphatic hydroxyl groups excluding tert-OH is 1. The number of aryl methyl sites for hydroxylation is 1. The molecule has 204 valence electrons. The van der Waals surface area contributed by atoms with Crippen LogP contribution in [-0.4, -0.2) is 66.8 Å². The standard InChI is InChI=1S/C28H39F2N3O4/c1-4-8-33(9-5-2)27(35)21-11-19(3)12-22(16-21)28(36)37-26(18-32-7-6-10-34)25(31)15-20-13-23(29)17-24(30)14-20/h11-14,16-17,25-26,32,34H,4-10,15,18,31H2,1-3H3/t25-,26+/m0/s1. The molecule has 0 spiro atoms. The summed E-state index contributed by atoms with van der Waals surface area (Å²) in [5.74, 6) is -2.22. The number of hydrogen-bond acceptors (Lipinski definition) is 6. The van der Waals surface area contributed by atoms with Crippen LogP contribution in [0.5, 0.6) is 0 Å². The number of benzene rings is 2. The summed E-state index contributed by atoms with van der Waals surface area (Å²) in [6, 6.07) is 7.32. The van der Waals surface area contributed by atoms with Gasteiger partial charge in [-0.1, -0.05) is 13.8 Å². The van der Waals surface area contributed by atoms with E-state index in [2.05, 4.69) is 5.32 Å². The lowest BCUT2D eigenvalue weighted by molar-refractivity contribution is 0.0238. The largest absolute Gasteiger partial charge is 0.456 e. The molecule has 2 aromatic carbocycles. The fourth-order valence-corrected chi connectivity index (χ4v) is 4.13. The van der Waals surface area contributed by atoms with Crippen molar-refractivity contribution in [2.45, 2.75) is 58.6 Å². The van der Waals surface area contributed by atoms with Crippen molar-refractivity contribution in [3.63, 3.8) is 0 Å². The van der Waals surface area contributed by atoms with Gasteiger partial charge in [-0.2, -0.15) is 0 Å². The number of halogens is 2. The van der Waals surface area contributed by atoms with Gasteiger partial charge in [-0.25, -0.2) is 13.6 Å². The molecule has 0 unspecified atom stereocenters. The monoisotopic (exact) mass is 519 g/mol. The zero-order valence-corrected chi connectivity index (χ0v) is 21.9. The topological polar surface area (TPSA) is 105 Å². The van der Waals surface area contributed by atoms with Crippen molar-refractivity contribution in [3.05, 3.63) is 70.3 Å². The van der Waals surface area contributed by atoms with Gasteiger partial charge in [-0.15, -0.1) is 0 Å². The van der Waals surface area contributed by atoms with E-state index >= 15 is 0 Å². The first-order valence-corrected chi connectivity index (χ1v) is 12.8. The Bertz CT molecular complexity index is 1010. The maximum Gasteiger partial charge on any atom is 0.338 e. The Kier molecular flexibility index (Phi) is 12.6. The summed E-state index contributed by atoms with van der Waals surface area (Å²) in [7, 11) is 0. The number of nitrogens with one attached hydrogen (secondary N) is 1. The predicted molar refractivity (Wildman–Crippen MR) is 139 cm³/mol. The molecule has 2 atom stereocenters. The van der Waals surface area contributed by atoms with Gasteiger partial charge in [0.25, 0.3) is 5.91 Å². The van der Waals surface area contributed by atoms with Crippen LogP contribution in [0.15, 0.2) is 36.4 Å². The molecule has 2 aromatic rings. The number of aliphatic hydroxyl groups is 1. The van der Waals surface area contributed by atoms with E-state index in [0.717, 1.165) is 24.5 Å². The van der Waals surface area contributed by atoms with Gasteiger partial charge < -0.3 is 25.8 Å². The van der Waals surface area contributed by atoms with Crippen molar-refractivity contribution in [2.75, 3.05) is 32.8 Å². The van der Waals surface area contributed by atoms with Crippen LogP contribution in [0.4, 0.5) is 8.78 Å². The minimum atomic E-state index is -0.825. The number of nitrogens with two attached hydrogens (primary N) is 1. The van der Waals surface area contributed by atoms with Crippen LogP contribution in [0.3, 0.4) is 0 Å². The summed E-state index contributed by atoms with van der Waals surface area (Å²) in [5.41, 5.74) is 8.05. The van der Waals surface area contributed by atoms with E-state index in [1.54, 1.807) is 24.0 Å². The molecule has 0 aliphatic heterocycles. The van der Waals surface area contributed by atoms with E-state index < -0.39 is 29.7 Å². The molecular formula is C28H39F2N3O4. The molecule has 0 fully saturated rings. The summed E-state index contributed by atoms with van der Waals surface area (Å²) < 4.78 is 33.1. The molecule has 9 heteroatoms. The van der Waals surface area contributed by atoms with E-state index in [4.69, 9.17) is 15.6 Å². The van der Waals surface area contributed by atoms with Gasteiger partial charge in [-0.05, 0) is 80.6 Å². The summed E-state index contributed by atoms with van der Waals surface area (Å²) in [6.45, 7) is 7.71. The predicted octanol–water partition coefficient (Wildman–Crippen LogP) is 3.60. The average Bonchev–Trinajstić information content (AvgIpc) is 2.84. The molecule has 2 rings (SSSR count). The summed E-state index contributed by atoms with van der Waals surface area (Å²) in [6.07, 6.45) is 1.40. The SMILES string of the molecule is CCCN(CCC)C(=O)c1cc(C)cc(C(=O)O[C@H](CNCCCO)[C@@H](N)Cc2cc(F)cc(F)c2)c1. The molecule has 0 aliphatic rings. The molecule has 7 nitrogen and oxygen atoms in total. The highest BCUT2D eigenvalue weighted by Crippen LogP contribution is 2.17. The van der Waals surface area contributed by atoms with Crippen LogP contribution in [0, 0.1) is 18.6 Å². The fourth-order valence-electron chi connectivity index (χ4n) is 4.13. The number of nitrogens with zero attached hydrogens (tertiary/aromatic N) is 1. The second-order valence-corrected chi connectivity index (χ2v) is 9.25. The van der Waals surface area contributed by atoms with Gasteiger partial charge in [0.2, 0.25) is 0 Å². The van der Waals surface area contributed by atoms with Gasteiger partial charge in [0.05, 0.1) is 5.56 Å². The lowest BCUT2D eigenvalue weighted by atomic mass is 10.0. The number of esters is 1. The van der Waals surface area contributed by atoms with Gasteiger partial charge in [0, 0.05) is 43.9 Å². The highest BCUT2D eigenvalue weighted by Gasteiger charge is 2.25. The van der Waals surface area contributed by atoms with Gasteiger partial charge in [-0.3, -0.25) is 4.79 Å². The van der Waals surface area contributed by atoms with Gasteiger partial charge in [0.1, 0.15) is 17.7 Å². The van der Waals surface area contributed by atoms with Crippen LogP contribution < -0.4 is 11.1 Å². The minimum Gasteiger partial charge on any atom is -0.456 e. The minimum absolute atomic E-state index is 0.000739. The molecule has 0 aliphatic carbocycles. The number of ether oxygens (including phenoxy) is 1. The third-order valence-electron chi connectivity index (χ3n) is 5.82. The van der Waals surface area contributed by atoms with E-state index in [1.165, 1.54) is 18.2 Å². The third kappa shape index (κ3) is 9.83. The molecule has 0 bridgehead atoms. The zero-order valence-electron chi connectivity index (χ0n) is 21.9. The number of hydrogen-bond donors (Lipinski definition) is 3. The molecule has 4 N–H and O–H groups in total. The average molecular weight is 520 g/mol. The van der Waals surface area contributed by atoms with Crippen LogP contribution in [0.1, 0.15) is 65.0 Å². The summed E-state index contributed by atoms with van der Waals surface area (Å²) in [5, 5.41) is 12.1. The Labute approximate surface area is 218 Å². The Morgan fingerprint density at radius 1 is 1.03 bits per heavy atom. The summed E-state index contributed by atoms with van der Waals surface area (Å²) in [4.78, 5) is 28.0. The van der Waals surface area contributed by atoms with Crippen molar-refractivity contribution in [1.82, 2.24) is 10.2 Å². The second kappa shape index (κ2) is 15.4. The van der Waals surface area contributed by atoms with E-state index in [0.29, 0.717) is 37.2 Å². The second-order valence-electron chi connectivity index (χ2n) is 9.25. The van der Waals surface area contributed by atoms with Gasteiger partial charge in [0.15, 0.2) is 0 Å². The smallest absolute Gasteiger partial charge is 0.338 e. The van der Waals surface area contributed by atoms with Gasteiger partial charge >= 0.3 is 5.97 Å². The Hall–Kier alpha value is -2.88. The lowest BCUT2D eigenvalue weighted by Crippen LogP contribution is -2.46. The maximum atomic E-state index is 13.7. The molecule has 0 saturated carbocycles. The highest BCUT2D eigenvalue weighted by atomic mass is 19.1. The number of amides is 1. The highest BCUT2D eigenvalue weighted by molar-refractivity contribution is 5.98. The number of rotatable bonds is 15. The third-order valence-corrected chi connectivity index (χ3v) is 5.82. The molecular weight excluding hydrogens is 480 g/mol. The molecule has 37 heavy (non-hydrogen) atoms. The Morgan fingerprint density at radius 3 is 2.24 bits per heavy atom. The first-order chi connectivity index (χ1) is 17.7. The zero-order chi connectivity index (χ0) is 27.4. The van der Waals surface area contributed by atoms with Crippen molar-refractivity contribution in [3.8, 4) is 0 Å². The lowest BCUT2D eigenvalue weighted by Gasteiger charge is -2.25. The van der Waals surface area contributed by atoms with E-state index in [-0.39, 0.29) is 31.0 Å². The first kappa shape index (κ1) is 30.3. The quantitative estimate of drug-likeness (QED) is 0.245. The Balaban J connectivity index is 2.24. The molecule has 0 saturated heterocycles. The Morgan fingerprint density at radius 2 is 1.65 bits per heavy atom. The first-order valence-electron chi connectivity index (χ1n) is 12.8. The maximum absolute atomic E-state index is 13.7. The number of carbonyl (C=O) groups excluding carboxylic acids is 2. The molecule has 0 heterocycles. The van der Waals surface area contributed by atoms with Crippen molar-refractivity contribution in [1.29, 1.82) is 0 Å².